The van der Waals surface area contributed by atoms with E-state index in [4.69, 9.17) is 29.0 Å². The summed E-state index contributed by atoms with van der Waals surface area (Å²) in [5.74, 6) is 0.868. The number of rotatable bonds is 5. The largest absolute Gasteiger partial charge is 0.416 e. The second kappa shape index (κ2) is 10.7. The van der Waals surface area contributed by atoms with Gasteiger partial charge < -0.3 is 24.4 Å². The molecule has 1 N–H and O–H groups in total. The van der Waals surface area contributed by atoms with Crippen LogP contribution in [0.3, 0.4) is 0 Å². The molecule has 6 aliphatic rings. The molecule has 8 nitrogen and oxygen atoms in total. The molecule has 1 aromatic carbocycles. The van der Waals surface area contributed by atoms with Gasteiger partial charge in [-0.3, -0.25) is 4.99 Å². The van der Waals surface area contributed by atoms with Crippen molar-refractivity contribution in [2.75, 3.05) is 31.6 Å². The lowest BCUT2D eigenvalue weighted by atomic mass is 9.58. The number of nitrogens with one attached hydrogen (secondary N) is 1. The van der Waals surface area contributed by atoms with Crippen molar-refractivity contribution in [3.8, 4) is 0 Å². The minimum Gasteiger partial charge on any atom is -0.350 e. The molecule has 7 rings (SSSR count). The molecule has 1 aromatic rings. The molecule has 8 atom stereocenters. The first-order chi connectivity index (χ1) is 19.1. The summed E-state index contributed by atoms with van der Waals surface area (Å²) in [7, 11) is 0. The molecule has 0 unspecified atom stereocenters. The number of ether oxygens (including phenoxy) is 3. The topological polar surface area (TPSA) is 73.8 Å². The van der Waals surface area contributed by atoms with Crippen molar-refractivity contribution >= 4 is 11.6 Å². The minimum atomic E-state index is -4.37. The fourth-order valence-electron chi connectivity index (χ4n) is 7.40. The number of aliphatic imine (C=N–C) groups is 1. The van der Waals surface area contributed by atoms with Crippen LogP contribution >= 0.6 is 0 Å². The third kappa shape index (κ3) is 5.12. The number of halogens is 3. The molecule has 0 radical (unpaired) electrons. The summed E-state index contributed by atoms with van der Waals surface area (Å²) in [5, 5.41) is 3.22. The number of anilines is 1. The number of hydrogen-bond donors (Lipinski definition) is 1. The lowest BCUT2D eigenvalue weighted by Gasteiger charge is -2.60. The van der Waals surface area contributed by atoms with Crippen LogP contribution in [0.4, 0.5) is 18.9 Å². The van der Waals surface area contributed by atoms with Crippen LogP contribution in [0.15, 0.2) is 29.3 Å². The van der Waals surface area contributed by atoms with E-state index in [2.05, 4.69) is 24.1 Å². The lowest BCUT2D eigenvalue weighted by molar-refractivity contribution is -0.577. The molecular weight excluding hydrogens is 527 g/mol. The van der Waals surface area contributed by atoms with Crippen LogP contribution in [0.5, 0.6) is 0 Å². The van der Waals surface area contributed by atoms with Crippen molar-refractivity contribution < 1.29 is 37.2 Å². The molecule has 0 amide bonds. The standard InChI is InChI=1S/C29H40F3N3O5/c1-18-6-11-23-19(2)24(37-25-28(23)22(18)12-13-27(3,38-25)39-40-28)36-17-14-33-26(35-15-4-5-16-35)34-21-9-7-20(8-10-21)29(30,31)32/h7-10,18-19,22-25H,4-6,11-17H2,1-3H3,(H,33,34)/t18-,19-,22+,23+,24+,25-,27-,28-/m1/s1. The molecular formula is C29H40F3N3O5. The quantitative estimate of drug-likeness (QED) is 0.209. The highest BCUT2D eigenvalue weighted by Gasteiger charge is 2.69. The molecule has 2 bridgehead atoms. The van der Waals surface area contributed by atoms with Crippen molar-refractivity contribution in [1.29, 1.82) is 0 Å². The molecule has 1 saturated carbocycles. The number of nitrogens with zero attached hydrogens (tertiary/aromatic N) is 2. The Morgan fingerprint density at radius 3 is 2.55 bits per heavy atom. The van der Waals surface area contributed by atoms with Crippen LogP contribution in [0.1, 0.15) is 64.9 Å². The summed E-state index contributed by atoms with van der Waals surface area (Å²) in [6.07, 6.45) is 0.569. The smallest absolute Gasteiger partial charge is 0.350 e. The Balaban J connectivity index is 1.12. The van der Waals surface area contributed by atoms with Gasteiger partial charge in [0.2, 0.25) is 5.79 Å². The first kappa shape index (κ1) is 28.2. The number of alkyl halides is 3. The van der Waals surface area contributed by atoms with Crippen LogP contribution < -0.4 is 5.32 Å². The molecule has 6 fully saturated rings. The Morgan fingerprint density at radius 1 is 1.07 bits per heavy atom. The van der Waals surface area contributed by atoms with E-state index in [9.17, 15) is 13.2 Å². The van der Waals surface area contributed by atoms with Gasteiger partial charge in [0.15, 0.2) is 24.1 Å². The fourth-order valence-corrected chi connectivity index (χ4v) is 7.40. The minimum absolute atomic E-state index is 0.0770. The summed E-state index contributed by atoms with van der Waals surface area (Å²) >= 11 is 0. The highest BCUT2D eigenvalue weighted by atomic mass is 19.4. The van der Waals surface area contributed by atoms with Gasteiger partial charge in [-0.05, 0) is 75.1 Å². The second-order valence-corrected chi connectivity index (χ2v) is 12.2. The number of likely N-dealkylation sites (tertiary alicyclic amines) is 1. The molecule has 5 aliphatic heterocycles. The van der Waals surface area contributed by atoms with E-state index in [0.717, 1.165) is 63.7 Å². The van der Waals surface area contributed by atoms with Crippen LogP contribution in [0, 0.1) is 23.7 Å². The molecule has 0 aromatic heterocycles. The van der Waals surface area contributed by atoms with Crippen LogP contribution in [0.25, 0.3) is 0 Å². The Bertz CT molecular complexity index is 1080. The number of benzene rings is 1. The maximum Gasteiger partial charge on any atom is 0.416 e. The van der Waals surface area contributed by atoms with Gasteiger partial charge in [-0.25, -0.2) is 9.78 Å². The van der Waals surface area contributed by atoms with Crippen LogP contribution in [-0.2, 0) is 30.2 Å². The molecule has 1 aliphatic carbocycles. The van der Waals surface area contributed by atoms with Gasteiger partial charge in [0.1, 0.15) is 0 Å². The summed E-state index contributed by atoms with van der Waals surface area (Å²) in [6, 6.07) is 5.03. The first-order valence-electron chi connectivity index (χ1n) is 14.6. The SMILES string of the molecule is C[C@H]1[C@@H](OCCN=C(Nc2ccc(C(F)(F)F)cc2)N2CCCC2)O[C@@H]2O[C@@]3(C)CC[C@H]4[C@H](C)CC[C@@H]1[C@@]24OO3. The molecule has 11 heteroatoms. The maximum absolute atomic E-state index is 13.0. The summed E-state index contributed by atoms with van der Waals surface area (Å²) < 4.78 is 58.1. The predicted molar refractivity (Wildman–Crippen MR) is 141 cm³/mol. The van der Waals surface area contributed by atoms with Gasteiger partial charge in [-0.1, -0.05) is 13.8 Å². The average molecular weight is 568 g/mol. The highest BCUT2D eigenvalue weighted by Crippen LogP contribution is 2.60. The van der Waals surface area contributed by atoms with Crippen LogP contribution in [-0.4, -0.2) is 61.1 Å². The van der Waals surface area contributed by atoms with Gasteiger partial charge in [0, 0.05) is 37.0 Å². The monoisotopic (exact) mass is 567 g/mol. The van der Waals surface area contributed by atoms with E-state index in [0.29, 0.717) is 36.6 Å². The third-order valence-electron chi connectivity index (χ3n) is 9.61. The van der Waals surface area contributed by atoms with Crippen molar-refractivity contribution in [1.82, 2.24) is 4.90 Å². The maximum atomic E-state index is 13.0. The van der Waals surface area contributed by atoms with Crippen molar-refractivity contribution in [2.45, 2.75) is 89.4 Å². The molecule has 40 heavy (non-hydrogen) atoms. The number of guanidine groups is 1. The van der Waals surface area contributed by atoms with E-state index in [1.807, 2.05) is 6.92 Å². The Morgan fingerprint density at radius 2 is 1.82 bits per heavy atom. The third-order valence-corrected chi connectivity index (χ3v) is 9.61. The van der Waals surface area contributed by atoms with Gasteiger partial charge >= 0.3 is 6.18 Å². The van der Waals surface area contributed by atoms with Crippen molar-refractivity contribution in [3.63, 3.8) is 0 Å². The molecule has 1 spiro atoms. The normalized spacial score (nSPS) is 39.6. The Labute approximate surface area is 233 Å². The lowest BCUT2D eigenvalue weighted by Crippen LogP contribution is -2.70. The van der Waals surface area contributed by atoms with Gasteiger partial charge in [0.05, 0.1) is 18.7 Å². The fraction of sp³-hybridized carbons (Fsp3) is 0.759. The Hall–Kier alpha value is -1.92. The van der Waals surface area contributed by atoms with E-state index < -0.39 is 35.7 Å². The predicted octanol–water partition coefficient (Wildman–Crippen LogP) is 5.79. The molecule has 5 saturated heterocycles. The average Bonchev–Trinajstić information content (AvgIpc) is 3.36. The summed E-state index contributed by atoms with van der Waals surface area (Å²) in [5.41, 5.74) is -0.740. The number of fused-ring (bicyclic) bond motifs is 2. The second-order valence-electron chi connectivity index (χ2n) is 12.2. The van der Waals surface area contributed by atoms with E-state index in [1.54, 1.807) is 0 Å². The van der Waals surface area contributed by atoms with Gasteiger partial charge in [0.25, 0.3) is 0 Å². The summed E-state index contributed by atoms with van der Waals surface area (Å²) in [6.45, 7) is 8.76. The van der Waals surface area contributed by atoms with Gasteiger partial charge in [-0.15, -0.1) is 0 Å². The van der Waals surface area contributed by atoms with Gasteiger partial charge in [-0.2, -0.15) is 13.2 Å². The highest BCUT2D eigenvalue weighted by molar-refractivity contribution is 5.93. The summed E-state index contributed by atoms with van der Waals surface area (Å²) in [4.78, 5) is 19.0. The van der Waals surface area contributed by atoms with E-state index in [1.165, 1.54) is 12.1 Å². The molecule has 222 valence electrons. The van der Waals surface area contributed by atoms with Crippen molar-refractivity contribution in [3.05, 3.63) is 29.8 Å². The number of hydrogen-bond acceptors (Lipinski definition) is 6. The molecule has 5 heterocycles. The van der Waals surface area contributed by atoms with E-state index in [-0.39, 0.29) is 11.8 Å². The van der Waals surface area contributed by atoms with Crippen LogP contribution in [0.2, 0.25) is 0 Å². The van der Waals surface area contributed by atoms with Crippen molar-refractivity contribution in [2.24, 2.45) is 28.7 Å². The Kier molecular flexibility index (Phi) is 7.57. The zero-order valence-corrected chi connectivity index (χ0v) is 23.4. The zero-order chi connectivity index (χ0) is 28.1. The first-order valence-corrected chi connectivity index (χ1v) is 14.6. The van der Waals surface area contributed by atoms with E-state index >= 15 is 0 Å². The zero-order valence-electron chi connectivity index (χ0n) is 23.4.